The van der Waals surface area contributed by atoms with Gasteiger partial charge in [0.15, 0.2) is 0 Å². The second-order valence-electron chi connectivity index (χ2n) is 5.91. The van der Waals surface area contributed by atoms with Gasteiger partial charge in [-0.15, -0.1) is 0 Å². The normalized spacial score (nSPS) is 21.9. The Labute approximate surface area is 127 Å². The van der Waals surface area contributed by atoms with Gasteiger partial charge in [0.25, 0.3) is 10.1 Å². The molecule has 5 heteroatoms. The Morgan fingerprint density at radius 3 is 2.52 bits per heavy atom. The van der Waals surface area contributed by atoms with Crippen molar-refractivity contribution in [1.29, 1.82) is 0 Å². The quantitative estimate of drug-likeness (QED) is 0.819. The first-order chi connectivity index (χ1) is 9.82. The smallest absolute Gasteiger partial charge is 0.268 e. The van der Waals surface area contributed by atoms with Crippen molar-refractivity contribution < 1.29 is 17.7 Å². The van der Waals surface area contributed by atoms with Gasteiger partial charge in [0.2, 0.25) is 0 Å². The molecule has 118 valence electrons. The van der Waals surface area contributed by atoms with Crippen molar-refractivity contribution in [1.82, 2.24) is 0 Å². The van der Waals surface area contributed by atoms with Crippen molar-refractivity contribution in [2.45, 2.75) is 51.7 Å². The lowest BCUT2D eigenvalue weighted by molar-refractivity contribution is 0.218. The van der Waals surface area contributed by atoms with E-state index in [2.05, 4.69) is 26.8 Å². The Balaban J connectivity index is 1.91. The molecular formula is C16H24O4S. The summed E-state index contributed by atoms with van der Waals surface area (Å²) in [6.45, 7) is 6.80. The van der Waals surface area contributed by atoms with E-state index >= 15 is 0 Å². The van der Waals surface area contributed by atoms with Gasteiger partial charge in [-0.1, -0.05) is 6.92 Å². The molecular weight excluding hydrogens is 288 g/mol. The Morgan fingerprint density at radius 1 is 1.29 bits per heavy atom. The van der Waals surface area contributed by atoms with Crippen LogP contribution in [-0.2, 0) is 16.5 Å². The fourth-order valence-corrected chi connectivity index (χ4v) is 4.13. The summed E-state index contributed by atoms with van der Waals surface area (Å²) >= 11 is 0. The highest BCUT2D eigenvalue weighted by Gasteiger charge is 2.39. The maximum absolute atomic E-state index is 11.1. The summed E-state index contributed by atoms with van der Waals surface area (Å²) in [5, 5.41) is -0.591. The van der Waals surface area contributed by atoms with Gasteiger partial charge in [0.1, 0.15) is 5.75 Å². The lowest BCUT2D eigenvalue weighted by atomic mass is 9.82. The van der Waals surface area contributed by atoms with Gasteiger partial charge in [0.05, 0.1) is 11.9 Å². The van der Waals surface area contributed by atoms with Crippen molar-refractivity contribution in [3.05, 3.63) is 28.8 Å². The fraction of sp³-hybridized carbons (Fsp3) is 0.625. The van der Waals surface area contributed by atoms with Gasteiger partial charge in [0, 0.05) is 0 Å². The van der Waals surface area contributed by atoms with Crippen LogP contribution in [0.2, 0.25) is 0 Å². The fourth-order valence-electron chi connectivity index (χ4n) is 2.94. The van der Waals surface area contributed by atoms with Crippen LogP contribution in [0.15, 0.2) is 12.1 Å². The molecule has 1 aromatic carbocycles. The molecule has 0 aromatic heterocycles. The van der Waals surface area contributed by atoms with Crippen molar-refractivity contribution in [3.63, 3.8) is 0 Å². The maximum Gasteiger partial charge on any atom is 0.268 e. The summed E-state index contributed by atoms with van der Waals surface area (Å²) in [6, 6.07) is 4.08. The van der Waals surface area contributed by atoms with Gasteiger partial charge in [-0.25, -0.2) is 0 Å². The van der Waals surface area contributed by atoms with E-state index in [0.29, 0.717) is 19.4 Å². The van der Waals surface area contributed by atoms with E-state index < -0.39 is 15.4 Å². The third-order valence-electron chi connectivity index (χ3n) is 4.62. The predicted molar refractivity (Wildman–Crippen MR) is 83.5 cm³/mol. The Morgan fingerprint density at radius 2 is 2.00 bits per heavy atom. The number of benzene rings is 1. The Hall–Kier alpha value is -1.07. The van der Waals surface area contributed by atoms with Crippen molar-refractivity contribution in [2.75, 3.05) is 6.61 Å². The van der Waals surface area contributed by atoms with E-state index in [-0.39, 0.29) is 5.92 Å². The minimum absolute atomic E-state index is 0.0252. The first kappa shape index (κ1) is 16.3. The molecule has 21 heavy (non-hydrogen) atoms. The second kappa shape index (κ2) is 6.36. The molecule has 0 heterocycles. The molecule has 1 aliphatic carbocycles. The van der Waals surface area contributed by atoms with Crippen LogP contribution in [0.25, 0.3) is 0 Å². The number of hydrogen-bond donors (Lipinski definition) is 1. The van der Waals surface area contributed by atoms with E-state index in [4.69, 9.17) is 9.29 Å². The number of rotatable bonds is 6. The zero-order valence-corrected chi connectivity index (χ0v) is 13.7. The molecule has 0 aliphatic heterocycles. The van der Waals surface area contributed by atoms with Crippen LogP contribution < -0.4 is 4.74 Å². The zero-order chi connectivity index (χ0) is 15.6. The van der Waals surface area contributed by atoms with Crippen LogP contribution >= 0.6 is 0 Å². The van der Waals surface area contributed by atoms with Crippen LogP contribution in [0.5, 0.6) is 5.75 Å². The van der Waals surface area contributed by atoms with Crippen molar-refractivity contribution >= 4 is 10.1 Å². The van der Waals surface area contributed by atoms with Gasteiger partial charge in [-0.05, 0) is 74.3 Å². The Kier molecular flexibility index (Phi) is 4.94. The summed E-state index contributed by atoms with van der Waals surface area (Å²) < 4.78 is 37.1. The molecule has 0 saturated heterocycles. The number of hydrogen-bond acceptors (Lipinski definition) is 3. The van der Waals surface area contributed by atoms with Crippen molar-refractivity contribution in [3.8, 4) is 5.75 Å². The molecule has 0 amide bonds. The highest BCUT2D eigenvalue weighted by molar-refractivity contribution is 7.86. The van der Waals surface area contributed by atoms with Gasteiger partial charge in [-0.3, -0.25) is 4.55 Å². The zero-order valence-electron chi connectivity index (χ0n) is 12.9. The third kappa shape index (κ3) is 3.77. The van der Waals surface area contributed by atoms with Gasteiger partial charge >= 0.3 is 0 Å². The van der Waals surface area contributed by atoms with E-state index in [9.17, 15) is 8.42 Å². The van der Waals surface area contributed by atoms with Gasteiger partial charge in [-0.2, -0.15) is 8.42 Å². The molecule has 2 unspecified atom stereocenters. The summed E-state index contributed by atoms with van der Waals surface area (Å²) in [5.74, 6) is 0.870. The van der Waals surface area contributed by atoms with Crippen LogP contribution in [0.4, 0.5) is 0 Å². The standard InChI is InChI=1S/C16H24O4S/c1-4-13-10-15(9-11(2)12(13)3)20-8-7-14-5-6-16(14)21(17,18)19/h9-10,14,16H,4-8H2,1-3H3,(H,17,18,19). The topological polar surface area (TPSA) is 63.6 Å². The summed E-state index contributed by atoms with van der Waals surface area (Å²) in [4.78, 5) is 0. The highest BCUT2D eigenvalue weighted by atomic mass is 32.2. The highest BCUT2D eigenvalue weighted by Crippen LogP contribution is 2.35. The second-order valence-corrected chi connectivity index (χ2v) is 7.54. The van der Waals surface area contributed by atoms with Crippen molar-refractivity contribution in [2.24, 2.45) is 5.92 Å². The minimum Gasteiger partial charge on any atom is -0.494 e. The summed E-state index contributed by atoms with van der Waals surface area (Å²) in [6.07, 6.45) is 3.05. The van der Waals surface area contributed by atoms with E-state index in [1.807, 2.05) is 6.07 Å². The molecule has 1 fully saturated rings. The third-order valence-corrected chi connectivity index (χ3v) is 6.00. The first-order valence-corrected chi connectivity index (χ1v) is 9.02. The lowest BCUT2D eigenvalue weighted by Gasteiger charge is -2.33. The van der Waals surface area contributed by atoms with E-state index in [0.717, 1.165) is 18.6 Å². The molecule has 0 bridgehead atoms. The minimum atomic E-state index is -3.89. The number of ether oxygens (including phenoxy) is 1. The van der Waals surface area contributed by atoms with Crippen LogP contribution in [0.3, 0.4) is 0 Å². The van der Waals surface area contributed by atoms with Crippen LogP contribution in [-0.4, -0.2) is 24.8 Å². The van der Waals surface area contributed by atoms with E-state index in [1.165, 1.54) is 16.7 Å². The monoisotopic (exact) mass is 312 g/mol. The molecule has 2 rings (SSSR count). The number of aryl methyl sites for hydroxylation is 2. The first-order valence-electron chi connectivity index (χ1n) is 7.52. The molecule has 2 atom stereocenters. The van der Waals surface area contributed by atoms with Gasteiger partial charge < -0.3 is 4.74 Å². The SMILES string of the molecule is CCc1cc(OCCC2CCC2S(=O)(=O)O)cc(C)c1C. The average Bonchev–Trinajstić information content (AvgIpc) is 2.35. The van der Waals surface area contributed by atoms with Crippen LogP contribution in [0.1, 0.15) is 42.9 Å². The molecule has 1 aliphatic rings. The molecule has 4 nitrogen and oxygen atoms in total. The Bertz CT molecular complexity index is 607. The van der Waals surface area contributed by atoms with Crippen LogP contribution in [0, 0.1) is 19.8 Å². The average molecular weight is 312 g/mol. The molecule has 1 saturated carbocycles. The molecule has 0 radical (unpaired) electrons. The summed E-state index contributed by atoms with van der Waals surface area (Å²) in [5.41, 5.74) is 3.79. The van der Waals surface area contributed by atoms with E-state index in [1.54, 1.807) is 0 Å². The lowest BCUT2D eigenvalue weighted by Crippen LogP contribution is -2.39. The molecule has 1 aromatic rings. The molecule has 1 N–H and O–H groups in total. The predicted octanol–water partition coefficient (Wildman–Crippen LogP) is 3.30. The molecule has 0 spiro atoms. The largest absolute Gasteiger partial charge is 0.494 e. The summed E-state index contributed by atoms with van der Waals surface area (Å²) in [7, 11) is -3.89. The maximum atomic E-state index is 11.1.